The van der Waals surface area contributed by atoms with Gasteiger partial charge in [0.2, 0.25) is 10.0 Å². The number of carboxylic acid groups (broad SMARTS) is 1. The van der Waals surface area contributed by atoms with Crippen LogP contribution >= 0.6 is 0 Å². The SMILES string of the molecule is CCNS(=O)(=O)CC(=O)C1=CNC(C)=C(C(=O)O)C1c1cccc([N+](=O)[O-])c1. The normalized spacial score (nSPS) is 16.9. The second-order valence-electron chi connectivity index (χ2n) is 6.05. The average Bonchev–Trinajstić information content (AvgIpc) is 2.60. The fourth-order valence-corrected chi connectivity index (χ4v) is 3.99. The smallest absolute Gasteiger partial charge is 0.334 e. The van der Waals surface area contributed by atoms with Gasteiger partial charge in [0.05, 0.1) is 10.5 Å². The minimum absolute atomic E-state index is 0.0978. The first-order valence-corrected chi connectivity index (χ1v) is 9.88. The Kier molecular flexibility index (Phi) is 6.31. The van der Waals surface area contributed by atoms with Crippen LogP contribution in [0, 0.1) is 10.1 Å². The molecule has 150 valence electrons. The van der Waals surface area contributed by atoms with Crippen LogP contribution in [0.3, 0.4) is 0 Å². The highest BCUT2D eigenvalue weighted by Gasteiger charge is 2.36. The van der Waals surface area contributed by atoms with Crippen molar-refractivity contribution >= 4 is 27.5 Å². The Morgan fingerprint density at radius 1 is 1.36 bits per heavy atom. The van der Waals surface area contributed by atoms with E-state index in [2.05, 4.69) is 10.0 Å². The van der Waals surface area contributed by atoms with Crippen LogP contribution in [0.1, 0.15) is 25.3 Å². The Morgan fingerprint density at radius 3 is 2.61 bits per heavy atom. The number of dihydropyridines is 1. The second kappa shape index (κ2) is 8.31. The number of carbonyl (C=O) groups is 2. The zero-order valence-electron chi connectivity index (χ0n) is 15.1. The zero-order valence-corrected chi connectivity index (χ0v) is 15.9. The minimum atomic E-state index is -3.90. The maximum absolute atomic E-state index is 12.7. The lowest BCUT2D eigenvalue weighted by atomic mass is 9.80. The number of benzene rings is 1. The van der Waals surface area contributed by atoms with Crippen LogP contribution < -0.4 is 10.0 Å². The Bertz CT molecular complexity index is 996. The Hall–Kier alpha value is -3.05. The monoisotopic (exact) mass is 409 g/mol. The number of Topliss-reactive ketones (excluding diaryl/α,β-unsaturated/α-hetero) is 1. The minimum Gasteiger partial charge on any atom is -0.478 e. The van der Waals surface area contributed by atoms with Crippen molar-refractivity contribution < 1.29 is 28.0 Å². The van der Waals surface area contributed by atoms with Gasteiger partial charge in [-0.15, -0.1) is 0 Å². The number of ketones is 1. The van der Waals surface area contributed by atoms with Crippen LogP contribution in [0.15, 0.2) is 47.3 Å². The van der Waals surface area contributed by atoms with Gasteiger partial charge in [0.15, 0.2) is 5.78 Å². The fourth-order valence-electron chi connectivity index (χ4n) is 2.94. The van der Waals surface area contributed by atoms with E-state index in [9.17, 15) is 33.2 Å². The van der Waals surface area contributed by atoms with Gasteiger partial charge in [-0.1, -0.05) is 19.1 Å². The van der Waals surface area contributed by atoms with E-state index in [-0.39, 0.29) is 34.6 Å². The lowest BCUT2D eigenvalue weighted by molar-refractivity contribution is -0.384. The summed E-state index contributed by atoms with van der Waals surface area (Å²) < 4.78 is 26.1. The summed E-state index contributed by atoms with van der Waals surface area (Å²) in [5.41, 5.74) is -0.120. The summed E-state index contributed by atoms with van der Waals surface area (Å²) in [5.74, 6) is -4.15. The molecule has 11 heteroatoms. The first-order chi connectivity index (χ1) is 13.1. The molecule has 1 atom stereocenters. The van der Waals surface area contributed by atoms with Crippen LogP contribution in [-0.2, 0) is 19.6 Å². The van der Waals surface area contributed by atoms with Crippen molar-refractivity contribution in [3.05, 3.63) is 63.0 Å². The summed E-state index contributed by atoms with van der Waals surface area (Å²) >= 11 is 0. The lowest BCUT2D eigenvalue weighted by Crippen LogP contribution is -2.34. The summed E-state index contributed by atoms with van der Waals surface area (Å²) in [6.45, 7) is 3.14. The zero-order chi connectivity index (χ0) is 21.1. The largest absolute Gasteiger partial charge is 0.478 e. The Labute approximate surface area is 161 Å². The van der Waals surface area contributed by atoms with Gasteiger partial charge in [-0.05, 0) is 12.5 Å². The molecular weight excluding hydrogens is 390 g/mol. The Morgan fingerprint density at radius 2 is 2.04 bits per heavy atom. The number of sulfonamides is 1. The van der Waals surface area contributed by atoms with Gasteiger partial charge in [-0.3, -0.25) is 14.9 Å². The van der Waals surface area contributed by atoms with Crippen molar-refractivity contribution in [2.24, 2.45) is 0 Å². The van der Waals surface area contributed by atoms with Gasteiger partial charge < -0.3 is 10.4 Å². The van der Waals surface area contributed by atoms with Crippen molar-refractivity contribution in [1.29, 1.82) is 0 Å². The predicted octanol–water partition coefficient (Wildman–Crippen LogP) is 1.03. The fraction of sp³-hybridized carbons (Fsp3) is 0.294. The lowest BCUT2D eigenvalue weighted by Gasteiger charge is -2.27. The molecule has 0 amide bonds. The molecule has 0 fully saturated rings. The standard InChI is InChI=1S/C17H19N3O7S/c1-3-19-28(26,27)9-14(21)13-8-18-10(2)15(17(22)23)16(13)11-5-4-6-12(7-11)20(24)25/h4-8,16,18-19H,3,9H2,1-2H3,(H,22,23). The molecule has 1 aromatic rings. The number of hydrogen-bond acceptors (Lipinski definition) is 7. The number of nitrogens with one attached hydrogen (secondary N) is 2. The number of nitrogens with zero attached hydrogens (tertiary/aromatic N) is 1. The molecule has 28 heavy (non-hydrogen) atoms. The second-order valence-corrected chi connectivity index (χ2v) is 7.86. The molecule has 0 aromatic heterocycles. The molecular formula is C17H19N3O7S. The van der Waals surface area contributed by atoms with E-state index in [1.54, 1.807) is 6.92 Å². The van der Waals surface area contributed by atoms with E-state index in [1.165, 1.54) is 37.4 Å². The van der Waals surface area contributed by atoms with Gasteiger partial charge >= 0.3 is 5.97 Å². The Balaban J connectivity index is 2.56. The van der Waals surface area contributed by atoms with Gasteiger partial charge in [-0.25, -0.2) is 17.9 Å². The van der Waals surface area contributed by atoms with E-state index in [1.807, 2.05) is 0 Å². The van der Waals surface area contributed by atoms with Crippen molar-refractivity contribution in [2.45, 2.75) is 19.8 Å². The van der Waals surface area contributed by atoms with Crippen LogP contribution in [0.25, 0.3) is 0 Å². The molecule has 0 radical (unpaired) electrons. The van der Waals surface area contributed by atoms with Gasteiger partial charge in [0.25, 0.3) is 5.69 Å². The highest BCUT2D eigenvalue weighted by atomic mass is 32.2. The summed E-state index contributed by atoms with van der Waals surface area (Å²) in [4.78, 5) is 35.0. The first kappa shape index (κ1) is 21.3. The average molecular weight is 409 g/mol. The highest BCUT2D eigenvalue weighted by Crippen LogP contribution is 2.37. The maximum Gasteiger partial charge on any atom is 0.334 e. The molecule has 1 aromatic carbocycles. The molecule has 0 saturated carbocycles. The highest BCUT2D eigenvalue weighted by molar-refractivity contribution is 7.90. The van der Waals surface area contributed by atoms with Crippen LogP contribution in [0.5, 0.6) is 0 Å². The number of hydrogen-bond donors (Lipinski definition) is 3. The molecule has 0 spiro atoms. The number of rotatable bonds is 8. The summed E-state index contributed by atoms with van der Waals surface area (Å²) in [7, 11) is -3.90. The third-order valence-corrected chi connectivity index (χ3v) is 5.47. The van der Waals surface area contributed by atoms with Crippen LogP contribution in [0.2, 0.25) is 0 Å². The molecule has 1 aliphatic rings. The molecule has 0 aliphatic carbocycles. The predicted molar refractivity (Wildman–Crippen MR) is 99.9 cm³/mol. The third-order valence-electron chi connectivity index (χ3n) is 4.10. The van der Waals surface area contributed by atoms with E-state index in [0.29, 0.717) is 0 Å². The molecule has 10 nitrogen and oxygen atoms in total. The number of nitro benzene ring substituents is 1. The van der Waals surface area contributed by atoms with Crippen LogP contribution in [-0.4, -0.2) is 42.5 Å². The van der Waals surface area contributed by atoms with Crippen molar-refractivity contribution in [3.63, 3.8) is 0 Å². The third kappa shape index (κ3) is 4.61. The van der Waals surface area contributed by atoms with E-state index in [0.717, 1.165) is 0 Å². The summed E-state index contributed by atoms with van der Waals surface area (Å²) in [6, 6.07) is 5.25. The van der Waals surface area contributed by atoms with Crippen molar-refractivity contribution in [1.82, 2.24) is 10.0 Å². The van der Waals surface area contributed by atoms with Crippen LogP contribution in [0.4, 0.5) is 5.69 Å². The van der Waals surface area contributed by atoms with Gasteiger partial charge in [-0.2, -0.15) is 0 Å². The van der Waals surface area contributed by atoms with Gasteiger partial charge in [0.1, 0.15) is 5.75 Å². The quantitative estimate of drug-likeness (QED) is 0.425. The number of nitro groups is 1. The van der Waals surface area contributed by atoms with E-state index < -0.39 is 38.4 Å². The first-order valence-electron chi connectivity index (χ1n) is 8.23. The number of aliphatic carboxylic acids is 1. The molecule has 1 unspecified atom stereocenters. The number of carbonyl (C=O) groups excluding carboxylic acids is 1. The number of non-ortho nitro benzene ring substituents is 1. The molecule has 0 saturated heterocycles. The summed E-state index contributed by atoms with van der Waals surface area (Å²) in [6.07, 6.45) is 1.25. The van der Waals surface area contributed by atoms with Crippen molar-refractivity contribution in [2.75, 3.05) is 12.3 Å². The van der Waals surface area contributed by atoms with E-state index in [4.69, 9.17) is 0 Å². The van der Waals surface area contributed by atoms with Gasteiger partial charge in [0, 0.05) is 42.1 Å². The van der Waals surface area contributed by atoms with Crippen molar-refractivity contribution in [3.8, 4) is 0 Å². The van der Waals surface area contributed by atoms with E-state index >= 15 is 0 Å². The molecule has 1 heterocycles. The number of allylic oxidation sites excluding steroid dienone is 2. The molecule has 2 rings (SSSR count). The maximum atomic E-state index is 12.7. The molecule has 1 aliphatic heterocycles. The topological polar surface area (TPSA) is 156 Å². The molecule has 0 bridgehead atoms. The summed E-state index contributed by atoms with van der Waals surface area (Å²) in [5, 5.41) is 23.4. The molecule has 3 N–H and O–H groups in total. The number of carboxylic acids is 1.